The molecule has 39 heavy (non-hydrogen) atoms. The summed E-state index contributed by atoms with van der Waals surface area (Å²) in [5.74, 6) is -1.46. The molecule has 0 saturated heterocycles. The number of fused-ring (bicyclic) bond motifs is 2. The second-order valence-electron chi connectivity index (χ2n) is 9.22. The first kappa shape index (κ1) is 26.3. The van der Waals surface area contributed by atoms with Crippen LogP contribution in [0.15, 0.2) is 77.8 Å². The van der Waals surface area contributed by atoms with Crippen molar-refractivity contribution in [3.63, 3.8) is 0 Å². The van der Waals surface area contributed by atoms with Crippen molar-refractivity contribution in [2.75, 3.05) is 14.2 Å². The van der Waals surface area contributed by atoms with Crippen LogP contribution in [0.2, 0.25) is 0 Å². The van der Waals surface area contributed by atoms with Gasteiger partial charge in [-0.3, -0.25) is 14.4 Å². The van der Waals surface area contributed by atoms with Gasteiger partial charge in [0.1, 0.15) is 5.92 Å². The Bertz CT molecular complexity index is 1650. The number of nitrogens with zero attached hydrogens (tertiary/aromatic N) is 2. The predicted octanol–water partition coefficient (Wildman–Crippen LogP) is 3.51. The van der Waals surface area contributed by atoms with Gasteiger partial charge in [0.2, 0.25) is 5.91 Å². The van der Waals surface area contributed by atoms with Gasteiger partial charge < -0.3 is 14.0 Å². The van der Waals surface area contributed by atoms with Crippen molar-refractivity contribution in [1.82, 2.24) is 14.4 Å². The van der Waals surface area contributed by atoms with E-state index in [-0.39, 0.29) is 10.8 Å². The molecule has 2 heterocycles. The number of benzene rings is 3. The fraction of sp³-hybridized carbons (Fsp3) is 0.214. The summed E-state index contributed by atoms with van der Waals surface area (Å²) in [5.41, 5.74) is 2.38. The molecule has 5 rings (SSSR count). The maximum Gasteiger partial charge on any atom is 0.277 e. The van der Waals surface area contributed by atoms with E-state index in [9.17, 15) is 18.0 Å². The molecule has 1 aromatic heterocycles. The molecule has 2 amide bonds. The minimum Gasteiger partial charge on any atom is -0.450 e. The Balaban J connectivity index is 1.56. The highest BCUT2D eigenvalue weighted by Gasteiger charge is 2.41. The summed E-state index contributed by atoms with van der Waals surface area (Å²) in [6.07, 6.45) is 0.569. The summed E-state index contributed by atoms with van der Waals surface area (Å²) in [6.45, 7) is 1.84. The van der Waals surface area contributed by atoms with E-state index in [1.807, 2.05) is 6.92 Å². The average molecular weight is 550 g/mol. The van der Waals surface area contributed by atoms with Crippen molar-refractivity contribution in [3.05, 3.63) is 89.6 Å². The Hall–Kier alpha value is -4.35. The number of amides is 2. The smallest absolute Gasteiger partial charge is 0.277 e. The number of rotatable bonds is 7. The first-order valence-corrected chi connectivity index (χ1v) is 13.5. The molecular formula is C28H27N3O7S. The highest BCUT2D eigenvalue weighted by atomic mass is 32.2. The van der Waals surface area contributed by atoms with Crippen LogP contribution >= 0.6 is 0 Å². The second-order valence-corrected chi connectivity index (χ2v) is 10.9. The molecule has 0 saturated carbocycles. The lowest BCUT2D eigenvalue weighted by molar-refractivity contribution is -0.126. The van der Waals surface area contributed by atoms with Crippen LogP contribution in [0.25, 0.3) is 10.9 Å². The van der Waals surface area contributed by atoms with Crippen molar-refractivity contribution in [2.45, 2.75) is 24.0 Å². The minimum absolute atomic E-state index is 0.0416. The van der Waals surface area contributed by atoms with Crippen LogP contribution in [-0.4, -0.2) is 50.3 Å². The Morgan fingerprint density at radius 1 is 1.03 bits per heavy atom. The van der Waals surface area contributed by atoms with Gasteiger partial charge in [0, 0.05) is 36.8 Å². The summed E-state index contributed by atoms with van der Waals surface area (Å²) in [5, 5.41) is 1.74. The number of hydroxylamine groups is 2. The quantitative estimate of drug-likeness (QED) is 0.351. The van der Waals surface area contributed by atoms with E-state index in [1.54, 1.807) is 72.4 Å². The number of hydrogen-bond donors (Lipinski definition) is 1. The number of sulfonamides is 1. The van der Waals surface area contributed by atoms with Crippen LogP contribution in [-0.2, 0) is 26.7 Å². The number of carbonyl (C=O) groups excluding carboxylic acids is 2. The van der Waals surface area contributed by atoms with E-state index in [0.29, 0.717) is 33.5 Å². The summed E-state index contributed by atoms with van der Waals surface area (Å²) < 4.78 is 42.2. The van der Waals surface area contributed by atoms with Crippen LogP contribution in [0, 0.1) is 6.92 Å². The summed E-state index contributed by atoms with van der Waals surface area (Å²) >= 11 is 0. The van der Waals surface area contributed by atoms with Gasteiger partial charge in [0.15, 0.2) is 11.5 Å². The topological polar surface area (TPSA) is 116 Å². The number of hydrogen-bond acceptors (Lipinski definition) is 7. The van der Waals surface area contributed by atoms with E-state index in [0.717, 1.165) is 10.6 Å². The van der Waals surface area contributed by atoms with Crippen LogP contribution < -0.4 is 14.2 Å². The molecule has 0 fully saturated rings. The van der Waals surface area contributed by atoms with E-state index >= 15 is 0 Å². The van der Waals surface area contributed by atoms with Crippen LogP contribution in [0.3, 0.4) is 0 Å². The largest absolute Gasteiger partial charge is 0.450 e. The molecule has 1 unspecified atom stereocenters. The number of ether oxygens (including phenoxy) is 2. The Morgan fingerprint density at radius 2 is 1.67 bits per heavy atom. The Kier molecular flexibility index (Phi) is 6.79. The molecular weight excluding hydrogens is 522 g/mol. The van der Waals surface area contributed by atoms with Crippen molar-refractivity contribution in [3.8, 4) is 11.5 Å². The first-order chi connectivity index (χ1) is 18.6. The normalized spacial score (nSPS) is 13.8. The molecule has 3 aromatic carbocycles. The zero-order valence-electron chi connectivity index (χ0n) is 21.7. The van der Waals surface area contributed by atoms with Gasteiger partial charge in [0.25, 0.3) is 22.2 Å². The highest BCUT2D eigenvalue weighted by Crippen LogP contribution is 2.41. The SMILES string of the molecule is CON(C)C(=O)c1ccc2c(C(C(=O)NS(=O)(=O)c3ccc(C)cc3)C3Oc4ccccc4O3)cn(C)c2c1. The van der Waals surface area contributed by atoms with Crippen molar-refractivity contribution < 1.29 is 32.3 Å². The van der Waals surface area contributed by atoms with E-state index in [1.165, 1.54) is 26.3 Å². The standard InChI is InChI=1S/C28H27N3O7S/c1-17-9-12-19(13-10-17)39(34,35)29-26(32)25(28-37-23-7-5-6-8-24(23)38-28)21-16-30(2)22-15-18(11-14-20(21)22)27(33)31(3)36-4/h5-16,25,28H,1-4H3,(H,29,32). The lowest BCUT2D eigenvalue weighted by Gasteiger charge is -2.22. The van der Waals surface area contributed by atoms with Gasteiger partial charge in [-0.1, -0.05) is 35.9 Å². The molecule has 0 aliphatic carbocycles. The van der Waals surface area contributed by atoms with Crippen molar-refractivity contribution in [2.24, 2.45) is 7.05 Å². The van der Waals surface area contributed by atoms with Crippen LogP contribution in [0.1, 0.15) is 27.4 Å². The Morgan fingerprint density at radius 3 is 2.28 bits per heavy atom. The van der Waals surface area contributed by atoms with Crippen molar-refractivity contribution >= 4 is 32.7 Å². The molecule has 0 bridgehead atoms. The van der Waals surface area contributed by atoms with Crippen LogP contribution in [0.5, 0.6) is 11.5 Å². The van der Waals surface area contributed by atoms with Gasteiger partial charge in [-0.25, -0.2) is 18.2 Å². The number of aromatic nitrogens is 1. The third kappa shape index (κ3) is 4.93. The molecule has 4 aromatic rings. The van der Waals surface area contributed by atoms with E-state index < -0.39 is 28.1 Å². The summed E-state index contributed by atoms with van der Waals surface area (Å²) in [6, 6.07) is 18.1. The summed E-state index contributed by atoms with van der Waals surface area (Å²) in [7, 11) is 0.480. The molecule has 1 aliphatic rings. The third-order valence-corrected chi connectivity index (χ3v) is 7.98. The highest BCUT2D eigenvalue weighted by molar-refractivity contribution is 7.90. The van der Waals surface area contributed by atoms with Gasteiger partial charge in [0.05, 0.1) is 12.0 Å². The fourth-order valence-corrected chi connectivity index (χ4v) is 5.50. The molecule has 202 valence electrons. The summed E-state index contributed by atoms with van der Waals surface area (Å²) in [4.78, 5) is 31.4. The van der Waals surface area contributed by atoms with E-state index in [4.69, 9.17) is 14.3 Å². The molecule has 10 nitrogen and oxygen atoms in total. The fourth-order valence-electron chi connectivity index (χ4n) is 4.50. The molecule has 0 spiro atoms. The third-order valence-electron chi connectivity index (χ3n) is 6.62. The van der Waals surface area contributed by atoms with Crippen LogP contribution in [0.4, 0.5) is 0 Å². The number of para-hydroxylation sites is 2. The van der Waals surface area contributed by atoms with Gasteiger partial charge in [-0.2, -0.15) is 0 Å². The molecule has 1 atom stereocenters. The molecule has 0 radical (unpaired) electrons. The predicted molar refractivity (Wildman–Crippen MR) is 143 cm³/mol. The molecule has 11 heteroatoms. The average Bonchev–Trinajstić information content (AvgIpc) is 3.48. The second kappa shape index (κ2) is 10.1. The number of aryl methyl sites for hydroxylation is 2. The lowest BCUT2D eigenvalue weighted by atomic mass is 9.96. The monoisotopic (exact) mass is 549 g/mol. The molecule has 1 aliphatic heterocycles. The number of nitrogens with one attached hydrogen (secondary N) is 1. The van der Waals surface area contributed by atoms with Gasteiger partial charge in [-0.15, -0.1) is 0 Å². The number of carbonyl (C=O) groups is 2. The van der Waals surface area contributed by atoms with Gasteiger partial charge in [-0.05, 0) is 48.9 Å². The van der Waals surface area contributed by atoms with Crippen molar-refractivity contribution in [1.29, 1.82) is 0 Å². The van der Waals surface area contributed by atoms with Gasteiger partial charge >= 0.3 is 0 Å². The maximum atomic E-state index is 13.8. The first-order valence-electron chi connectivity index (χ1n) is 12.1. The lowest BCUT2D eigenvalue weighted by Crippen LogP contribution is -2.42. The van der Waals surface area contributed by atoms with E-state index in [2.05, 4.69) is 4.72 Å². The minimum atomic E-state index is -4.18. The Labute approximate surface area is 225 Å². The zero-order valence-corrected chi connectivity index (χ0v) is 22.6. The molecule has 1 N–H and O–H groups in total. The zero-order chi connectivity index (χ0) is 27.9. The maximum absolute atomic E-state index is 13.8.